The molecule has 13 heavy (non-hydrogen) atoms. The normalized spacial score (nSPS) is 10.2. The highest BCUT2D eigenvalue weighted by Crippen LogP contribution is 2.30. The summed E-state index contributed by atoms with van der Waals surface area (Å²) < 4.78 is 5.23. The second-order valence-corrected chi connectivity index (χ2v) is 3.28. The maximum atomic E-state index is 8.92. The number of ether oxygens (including phenoxy) is 1. The molecule has 4 heteroatoms. The van der Waals surface area contributed by atoms with E-state index in [4.69, 9.17) is 33.0 Å². The Morgan fingerprint density at radius 2 is 2.00 bits per heavy atom. The van der Waals surface area contributed by atoms with E-state index in [1.807, 2.05) is 6.92 Å². The summed E-state index contributed by atoms with van der Waals surface area (Å²) in [6.45, 7) is 2.28. The van der Waals surface area contributed by atoms with Crippen molar-refractivity contribution in [3.63, 3.8) is 0 Å². The lowest BCUT2D eigenvalue weighted by atomic mass is 10.2. The minimum atomic E-state index is -0.115. The van der Waals surface area contributed by atoms with E-state index in [1.54, 1.807) is 12.1 Å². The van der Waals surface area contributed by atoms with Crippen molar-refractivity contribution in [3.8, 4) is 5.75 Å². The van der Waals surface area contributed by atoms with E-state index in [1.165, 1.54) is 0 Å². The van der Waals surface area contributed by atoms with Gasteiger partial charge in [-0.3, -0.25) is 0 Å². The fourth-order valence-corrected chi connectivity index (χ4v) is 1.46. The maximum absolute atomic E-state index is 8.92. The summed E-state index contributed by atoms with van der Waals surface area (Å²) in [5.74, 6) is 0.553. The Bertz CT molecular complexity index is 300. The van der Waals surface area contributed by atoms with Crippen LogP contribution in [-0.4, -0.2) is 11.7 Å². The van der Waals surface area contributed by atoms with Gasteiger partial charge in [0.2, 0.25) is 0 Å². The molecule has 0 aliphatic carbocycles. The standard InChI is InChI=1S/C9H10Cl2O2/c1-2-13-9-3-6(5-12)7(10)4-8(9)11/h3-4,12H,2,5H2,1H3. The molecule has 1 aromatic rings. The van der Waals surface area contributed by atoms with Crippen molar-refractivity contribution in [2.24, 2.45) is 0 Å². The minimum absolute atomic E-state index is 0.115. The molecule has 0 saturated carbocycles. The highest BCUT2D eigenvalue weighted by Gasteiger charge is 2.06. The fourth-order valence-electron chi connectivity index (χ4n) is 0.958. The van der Waals surface area contributed by atoms with Crippen LogP contribution < -0.4 is 4.74 Å². The molecule has 0 amide bonds. The summed E-state index contributed by atoms with van der Waals surface area (Å²) in [7, 11) is 0. The first-order valence-corrected chi connectivity index (χ1v) is 4.66. The monoisotopic (exact) mass is 220 g/mol. The second kappa shape index (κ2) is 4.70. The predicted octanol–water partition coefficient (Wildman–Crippen LogP) is 2.88. The van der Waals surface area contributed by atoms with Gasteiger partial charge in [-0.05, 0) is 24.6 Å². The molecule has 2 nitrogen and oxygen atoms in total. The molecule has 0 radical (unpaired) electrons. The zero-order valence-corrected chi connectivity index (χ0v) is 8.69. The van der Waals surface area contributed by atoms with Crippen molar-refractivity contribution in [1.82, 2.24) is 0 Å². The molecule has 0 fully saturated rings. The predicted molar refractivity (Wildman–Crippen MR) is 53.6 cm³/mol. The van der Waals surface area contributed by atoms with Crippen molar-refractivity contribution in [2.75, 3.05) is 6.61 Å². The number of hydrogen-bond acceptors (Lipinski definition) is 2. The smallest absolute Gasteiger partial charge is 0.138 e. The van der Waals surface area contributed by atoms with E-state index in [0.717, 1.165) is 0 Å². The van der Waals surface area contributed by atoms with Crippen LogP contribution >= 0.6 is 23.2 Å². The molecule has 0 aliphatic heterocycles. The fraction of sp³-hybridized carbons (Fsp3) is 0.333. The van der Waals surface area contributed by atoms with Gasteiger partial charge in [-0.1, -0.05) is 23.2 Å². The number of hydrogen-bond donors (Lipinski definition) is 1. The van der Waals surface area contributed by atoms with E-state index >= 15 is 0 Å². The van der Waals surface area contributed by atoms with Gasteiger partial charge in [-0.15, -0.1) is 0 Å². The molecule has 0 saturated heterocycles. The highest BCUT2D eigenvalue weighted by atomic mass is 35.5. The van der Waals surface area contributed by atoms with Gasteiger partial charge >= 0.3 is 0 Å². The Balaban J connectivity index is 3.06. The van der Waals surface area contributed by atoms with E-state index in [2.05, 4.69) is 0 Å². The summed E-state index contributed by atoms with van der Waals surface area (Å²) in [5.41, 5.74) is 0.620. The molecule has 0 heterocycles. The van der Waals surface area contributed by atoms with Crippen LogP contribution in [0.2, 0.25) is 10.0 Å². The minimum Gasteiger partial charge on any atom is -0.492 e. The van der Waals surface area contributed by atoms with Crippen LogP contribution in [0.25, 0.3) is 0 Å². The summed E-state index contributed by atoms with van der Waals surface area (Å²) in [6.07, 6.45) is 0. The number of rotatable bonds is 3. The maximum Gasteiger partial charge on any atom is 0.138 e. The van der Waals surface area contributed by atoms with E-state index in [0.29, 0.717) is 28.0 Å². The Hall–Kier alpha value is -0.440. The van der Waals surface area contributed by atoms with Gasteiger partial charge in [0, 0.05) is 5.02 Å². The van der Waals surface area contributed by atoms with Crippen LogP contribution in [0.5, 0.6) is 5.75 Å². The lowest BCUT2D eigenvalue weighted by Gasteiger charge is -2.08. The number of halogens is 2. The molecule has 1 rings (SSSR count). The van der Waals surface area contributed by atoms with Gasteiger partial charge in [0.15, 0.2) is 0 Å². The molecule has 0 aliphatic rings. The van der Waals surface area contributed by atoms with Gasteiger partial charge < -0.3 is 9.84 Å². The summed E-state index contributed by atoms with van der Waals surface area (Å²) in [4.78, 5) is 0. The number of aliphatic hydroxyl groups is 1. The molecule has 1 aromatic carbocycles. The van der Waals surface area contributed by atoms with Crippen molar-refractivity contribution in [1.29, 1.82) is 0 Å². The van der Waals surface area contributed by atoms with Gasteiger partial charge in [0.1, 0.15) is 5.75 Å². The quantitative estimate of drug-likeness (QED) is 0.850. The van der Waals surface area contributed by atoms with Gasteiger partial charge in [0.05, 0.1) is 18.2 Å². The molecule has 0 atom stereocenters. The lowest BCUT2D eigenvalue weighted by molar-refractivity contribution is 0.280. The second-order valence-electron chi connectivity index (χ2n) is 2.47. The summed E-state index contributed by atoms with van der Waals surface area (Å²) >= 11 is 11.6. The van der Waals surface area contributed by atoms with Crippen molar-refractivity contribution < 1.29 is 9.84 Å². The zero-order valence-electron chi connectivity index (χ0n) is 7.18. The molecule has 0 aromatic heterocycles. The molecule has 0 spiro atoms. The summed E-state index contributed by atoms with van der Waals surface area (Å²) in [5, 5.41) is 9.84. The van der Waals surface area contributed by atoms with E-state index in [9.17, 15) is 0 Å². The third kappa shape index (κ3) is 2.50. The largest absolute Gasteiger partial charge is 0.492 e. The molecule has 0 bridgehead atoms. The molecular weight excluding hydrogens is 211 g/mol. The average Bonchev–Trinajstić information content (AvgIpc) is 2.10. The van der Waals surface area contributed by atoms with Crippen LogP contribution in [0.1, 0.15) is 12.5 Å². The van der Waals surface area contributed by atoms with E-state index in [-0.39, 0.29) is 6.61 Å². The first-order valence-electron chi connectivity index (χ1n) is 3.90. The van der Waals surface area contributed by atoms with Crippen molar-refractivity contribution in [2.45, 2.75) is 13.5 Å². The molecule has 1 N–H and O–H groups in total. The molecular formula is C9H10Cl2O2. The van der Waals surface area contributed by atoms with Crippen LogP contribution in [0.15, 0.2) is 12.1 Å². The zero-order chi connectivity index (χ0) is 9.84. The van der Waals surface area contributed by atoms with Crippen molar-refractivity contribution in [3.05, 3.63) is 27.7 Å². The Morgan fingerprint density at radius 3 is 2.54 bits per heavy atom. The average molecular weight is 221 g/mol. The highest BCUT2D eigenvalue weighted by molar-refractivity contribution is 6.36. The third-order valence-electron chi connectivity index (χ3n) is 1.57. The topological polar surface area (TPSA) is 29.5 Å². The van der Waals surface area contributed by atoms with Gasteiger partial charge in [0.25, 0.3) is 0 Å². The van der Waals surface area contributed by atoms with E-state index < -0.39 is 0 Å². The van der Waals surface area contributed by atoms with Crippen LogP contribution in [-0.2, 0) is 6.61 Å². The van der Waals surface area contributed by atoms with Gasteiger partial charge in [-0.25, -0.2) is 0 Å². The third-order valence-corrected chi connectivity index (χ3v) is 2.22. The number of aliphatic hydroxyl groups excluding tert-OH is 1. The van der Waals surface area contributed by atoms with Crippen LogP contribution in [0.3, 0.4) is 0 Å². The SMILES string of the molecule is CCOc1cc(CO)c(Cl)cc1Cl. The Kier molecular flexibility index (Phi) is 3.85. The lowest BCUT2D eigenvalue weighted by Crippen LogP contribution is -1.94. The number of benzene rings is 1. The van der Waals surface area contributed by atoms with Crippen molar-refractivity contribution >= 4 is 23.2 Å². The first-order chi connectivity index (χ1) is 6.19. The summed E-state index contributed by atoms with van der Waals surface area (Å²) in [6, 6.07) is 3.22. The van der Waals surface area contributed by atoms with Gasteiger partial charge in [-0.2, -0.15) is 0 Å². The van der Waals surface area contributed by atoms with Crippen LogP contribution in [0.4, 0.5) is 0 Å². The molecule has 72 valence electrons. The first kappa shape index (κ1) is 10.6. The molecule has 0 unspecified atom stereocenters. The Morgan fingerprint density at radius 1 is 1.31 bits per heavy atom. The van der Waals surface area contributed by atoms with Crippen LogP contribution in [0, 0.1) is 0 Å². The Labute approximate surface area is 87.0 Å².